The summed E-state index contributed by atoms with van der Waals surface area (Å²) in [4.78, 5) is 0. The molecule has 4 heteroatoms. The molecule has 0 saturated heterocycles. The Hall–Kier alpha value is -1.39. The second-order valence-electron chi connectivity index (χ2n) is 4.32. The van der Waals surface area contributed by atoms with Crippen molar-refractivity contribution in [3.8, 4) is 5.75 Å². The van der Waals surface area contributed by atoms with Crippen LogP contribution in [0, 0.1) is 5.82 Å². The van der Waals surface area contributed by atoms with E-state index >= 15 is 0 Å². The number of ether oxygens (including phenoxy) is 1. The molecule has 2 rings (SSSR count). The maximum Gasteiger partial charge on any atom is 0.123 e. The maximum atomic E-state index is 13.3. The molecule has 19 heavy (non-hydrogen) atoms. The molecule has 0 aliphatic rings. The van der Waals surface area contributed by atoms with E-state index in [0.29, 0.717) is 6.42 Å². The number of benzene rings is 2. The number of methoxy groups -OCH3 is 1. The minimum atomic E-state index is -0.275. The van der Waals surface area contributed by atoms with Gasteiger partial charge in [-0.2, -0.15) is 0 Å². The first kappa shape index (κ1) is 14.0. The van der Waals surface area contributed by atoms with Crippen molar-refractivity contribution in [1.29, 1.82) is 0 Å². The first-order valence-corrected chi connectivity index (χ1v) is 6.73. The van der Waals surface area contributed by atoms with Gasteiger partial charge in [-0.05, 0) is 47.9 Å². The molecule has 1 unspecified atom stereocenters. The quantitative estimate of drug-likeness (QED) is 0.927. The van der Waals surface area contributed by atoms with Crippen molar-refractivity contribution in [3.05, 3.63) is 63.9 Å². The smallest absolute Gasteiger partial charge is 0.123 e. The zero-order valence-corrected chi connectivity index (χ0v) is 12.2. The minimum absolute atomic E-state index is 0.251. The van der Waals surface area contributed by atoms with Crippen molar-refractivity contribution in [1.82, 2.24) is 0 Å². The van der Waals surface area contributed by atoms with E-state index in [2.05, 4.69) is 15.9 Å². The van der Waals surface area contributed by atoms with Gasteiger partial charge in [0.1, 0.15) is 11.6 Å². The van der Waals surface area contributed by atoms with Crippen LogP contribution < -0.4 is 10.5 Å². The second kappa shape index (κ2) is 6.17. The van der Waals surface area contributed by atoms with Gasteiger partial charge < -0.3 is 10.5 Å². The molecule has 0 fully saturated rings. The number of halogens is 2. The topological polar surface area (TPSA) is 35.2 Å². The predicted molar refractivity (Wildman–Crippen MR) is 77.7 cm³/mol. The summed E-state index contributed by atoms with van der Waals surface area (Å²) < 4.78 is 19.2. The highest BCUT2D eigenvalue weighted by Crippen LogP contribution is 2.26. The summed E-state index contributed by atoms with van der Waals surface area (Å²) in [7, 11) is 1.63. The van der Waals surface area contributed by atoms with E-state index in [4.69, 9.17) is 10.5 Å². The molecular formula is C15H15BrFNO. The number of hydrogen-bond acceptors (Lipinski definition) is 2. The molecule has 2 aromatic rings. The molecule has 2 aromatic carbocycles. The average Bonchev–Trinajstić information content (AvgIpc) is 2.42. The fraction of sp³-hybridized carbons (Fsp3) is 0.200. The third-order valence-electron chi connectivity index (χ3n) is 2.97. The molecule has 100 valence electrons. The van der Waals surface area contributed by atoms with E-state index < -0.39 is 0 Å². The van der Waals surface area contributed by atoms with Crippen LogP contribution >= 0.6 is 15.9 Å². The minimum Gasteiger partial charge on any atom is -0.497 e. The first-order valence-electron chi connectivity index (χ1n) is 5.93. The SMILES string of the molecule is COc1ccc(CC(N)c2cc(F)ccc2Br)cc1. The van der Waals surface area contributed by atoms with Gasteiger partial charge in [0, 0.05) is 10.5 Å². The van der Waals surface area contributed by atoms with E-state index in [0.717, 1.165) is 21.3 Å². The number of rotatable bonds is 4. The van der Waals surface area contributed by atoms with Crippen LogP contribution in [0.25, 0.3) is 0 Å². The van der Waals surface area contributed by atoms with Crippen molar-refractivity contribution in [2.24, 2.45) is 5.73 Å². The summed E-state index contributed by atoms with van der Waals surface area (Å²) in [6, 6.07) is 12.0. The molecule has 0 aliphatic heterocycles. The monoisotopic (exact) mass is 323 g/mol. The second-order valence-corrected chi connectivity index (χ2v) is 5.18. The molecule has 2 nitrogen and oxygen atoms in total. The van der Waals surface area contributed by atoms with Gasteiger partial charge in [0.15, 0.2) is 0 Å². The van der Waals surface area contributed by atoms with Crippen molar-refractivity contribution in [3.63, 3.8) is 0 Å². The van der Waals surface area contributed by atoms with Crippen LogP contribution in [0.15, 0.2) is 46.9 Å². The lowest BCUT2D eigenvalue weighted by molar-refractivity contribution is 0.414. The highest BCUT2D eigenvalue weighted by atomic mass is 79.9. The van der Waals surface area contributed by atoms with Crippen molar-refractivity contribution in [2.45, 2.75) is 12.5 Å². The molecule has 0 heterocycles. The van der Waals surface area contributed by atoms with Crippen LogP contribution in [0.2, 0.25) is 0 Å². The molecule has 0 radical (unpaired) electrons. The van der Waals surface area contributed by atoms with Gasteiger partial charge in [-0.15, -0.1) is 0 Å². The Kier molecular flexibility index (Phi) is 4.56. The summed E-state index contributed by atoms with van der Waals surface area (Å²) in [5.74, 6) is 0.535. The largest absolute Gasteiger partial charge is 0.497 e. The van der Waals surface area contributed by atoms with E-state index in [-0.39, 0.29) is 11.9 Å². The molecule has 0 amide bonds. The third kappa shape index (κ3) is 3.55. The molecule has 0 bridgehead atoms. The van der Waals surface area contributed by atoms with Gasteiger partial charge in [-0.3, -0.25) is 0 Å². The van der Waals surface area contributed by atoms with Crippen molar-refractivity contribution < 1.29 is 9.13 Å². The predicted octanol–water partition coefficient (Wildman–Crippen LogP) is 3.84. The molecule has 1 atom stereocenters. The van der Waals surface area contributed by atoms with Crippen LogP contribution in [-0.2, 0) is 6.42 Å². The van der Waals surface area contributed by atoms with Gasteiger partial charge in [0.25, 0.3) is 0 Å². The summed E-state index contributed by atoms with van der Waals surface area (Å²) in [6.45, 7) is 0. The molecule has 0 aliphatic carbocycles. The first-order chi connectivity index (χ1) is 9.10. The molecule has 2 N–H and O–H groups in total. The molecule has 0 aromatic heterocycles. The summed E-state index contributed by atoms with van der Waals surface area (Å²) in [5.41, 5.74) is 8.00. The van der Waals surface area contributed by atoms with Crippen LogP contribution in [0.4, 0.5) is 4.39 Å². The van der Waals surface area contributed by atoms with Gasteiger partial charge >= 0.3 is 0 Å². The van der Waals surface area contributed by atoms with E-state index in [9.17, 15) is 4.39 Å². The Bertz CT molecular complexity index is 557. The zero-order valence-electron chi connectivity index (χ0n) is 10.6. The van der Waals surface area contributed by atoms with E-state index in [1.54, 1.807) is 13.2 Å². The Morgan fingerprint density at radius 1 is 1.21 bits per heavy atom. The van der Waals surface area contributed by atoms with Crippen LogP contribution in [0.5, 0.6) is 5.75 Å². The lowest BCUT2D eigenvalue weighted by atomic mass is 9.99. The Morgan fingerprint density at radius 2 is 1.89 bits per heavy atom. The highest BCUT2D eigenvalue weighted by molar-refractivity contribution is 9.10. The Morgan fingerprint density at radius 3 is 2.53 bits per heavy atom. The van der Waals surface area contributed by atoms with E-state index in [1.165, 1.54) is 12.1 Å². The van der Waals surface area contributed by atoms with Crippen molar-refractivity contribution >= 4 is 15.9 Å². The fourth-order valence-electron chi connectivity index (χ4n) is 1.92. The summed E-state index contributed by atoms with van der Waals surface area (Å²) in [6.07, 6.45) is 0.645. The normalized spacial score (nSPS) is 12.2. The Labute approximate surface area is 120 Å². The lowest BCUT2D eigenvalue weighted by Gasteiger charge is -2.14. The maximum absolute atomic E-state index is 13.3. The molecule has 0 spiro atoms. The van der Waals surface area contributed by atoms with E-state index in [1.807, 2.05) is 24.3 Å². The Balaban J connectivity index is 2.15. The van der Waals surface area contributed by atoms with Gasteiger partial charge in [0.05, 0.1) is 7.11 Å². The van der Waals surface area contributed by atoms with Gasteiger partial charge in [-0.25, -0.2) is 4.39 Å². The zero-order chi connectivity index (χ0) is 13.8. The van der Waals surface area contributed by atoms with Crippen LogP contribution in [-0.4, -0.2) is 7.11 Å². The number of nitrogens with two attached hydrogens (primary N) is 1. The average molecular weight is 324 g/mol. The van der Waals surface area contributed by atoms with Crippen LogP contribution in [0.3, 0.4) is 0 Å². The highest BCUT2D eigenvalue weighted by Gasteiger charge is 2.12. The number of hydrogen-bond donors (Lipinski definition) is 1. The summed E-state index contributed by atoms with van der Waals surface area (Å²) >= 11 is 3.40. The molecular weight excluding hydrogens is 309 g/mol. The molecule has 0 saturated carbocycles. The fourth-order valence-corrected chi connectivity index (χ4v) is 2.46. The van der Waals surface area contributed by atoms with Gasteiger partial charge in [0.2, 0.25) is 0 Å². The van der Waals surface area contributed by atoms with Gasteiger partial charge in [-0.1, -0.05) is 28.1 Å². The third-order valence-corrected chi connectivity index (χ3v) is 3.69. The standard InChI is InChI=1S/C15H15BrFNO/c1-19-12-5-2-10(3-6-12)8-15(18)13-9-11(17)4-7-14(13)16/h2-7,9,15H,8,18H2,1H3. The van der Waals surface area contributed by atoms with Crippen LogP contribution in [0.1, 0.15) is 17.2 Å². The van der Waals surface area contributed by atoms with Crippen molar-refractivity contribution in [2.75, 3.05) is 7.11 Å². The lowest BCUT2D eigenvalue weighted by Crippen LogP contribution is -2.14. The summed E-state index contributed by atoms with van der Waals surface area (Å²) in [5, 5.41) is 0.